The van der Waals surface area contributed by atoms with Crippen molar-refractivity contribution in [2.24, 2.45) is 0 Å². The predicted molar refractivity (Wildman–Crippen MR) is 67.1 cm³/mol. The molecule has 0 spiro atoms. The Kier molecular flexibility index (Phi) is 7.84. The van der Waals surface area contributed by atoms with E-state index < -0.39 is 10.2 Å². The van der Waals surface area contributed by atoms with Gasteiger partial charge in [-0.25, -0.2) is 23.2 Å². The lowest BCUT2D eigenvalue weighted by Crippen LogP contribution is -2.68. The van der Waals surface area contributed by atoms with E-state index in [0.29, 0.717) is 0 Å². The maximum atomic E-state index is 8.49. The number of nitrogens with zero attached hydrogens (tertiary/aromatic N) is 1. The van der Waals surface area contributed by atoms with Crippen LogP contribution in [0, 0.1) is 10.2 Å². The third-order valence-corrected chi connectivity index (χ3v) is 2.87. The molecule has 8 heteroatoms. The van der Waals surface area contributed by atoms with Crippen molar-refractivity contribution >= 4 is 22.8 Å². The van der Waals surface area contributed by atoms with Gasteiger partial charge in [-0.3, -0.25) is 0 Å². The zero-order valence-electron chi connectivity index (χ0n) is 11.1. The molecule has 2 rings (SSSR count). The van der Waals surface area contributed by atoms with Crippen molar-refractivity contribution in [1.82, 2.24) is 0 Å². The Morgan fingerprint density at radius 1 is 1.10 bits per heavy atom. The van der Waals surface area contributed by atoms with Crippen LogP contribution in [0.1, 0.15) is 5.56 Å². The number of rotatable bonds is 2. The van der Waals surface area contributed by atoms with Crippen molar-refractivity contribution in [3.8, 4) is 0 Å². The van der Waals surface area contributed by atoms with E-state index in [-0.39, 0.29) is 0 Å². The largest absolute Gasteiger partial charge is 0.368 e. The minimum Gasteiger partial charge on any atom is -0.368 e. The van der Waals surface area contributed by atoms with Gasteiger partial charge in [-0.15, -0.1) is 10.2 Å². The number of halogens is 2. The molecule has 0 aromatic heterocycles. The summed E-state index contributed by atoms with van der Waals surface area (Å²) in [4.78, 5) is 0. The maximum Gasteiger partial charge on any atom is 0.166 e. The zero-order chi connectivity index (χ0) is 15.7. The fraction of sp³-hybridized carbons (Fsp3) is 0.308. The normalized spacial score (nSPS) is 16.0. The van der Waals surface area contributed by atoms with Crippen molar-refractivity contribution < 1.29 is 38.2 Å². The SMILES string of the molecule is ClC(=CC=[N+]1CCOCC1)c1ccccc1.[O-][Cl+3]([O-])([O-])[O-]. The van der Waals surface area contributed by atoms with Crippen LogP contribution in [-0.2, 0) is 4.74 Å². The van der Waals surface area contributed by atoms with Crippen LogP contribution in [0.2, 0.25) is 0 Å². The van der Waals surface area contributed by atoms with E-state index in [4.69, 9.17) is 35.0 Å². The third-order valence-electron chi connectivity index (χ3n) is 2.53. The molecule has 1 saturated heterocycles. The summed E-state index contributed by atoms with van der Waals surface area (Å²) in [5.41, 5.74) is 1.05. The Balaban J connectivity index is 0.000000383. The first kappa shape index (κ1) is 18.1. The highest BCUT2D eigenvalue weighted by molar-refractivity contribution is 6.49. The summed E-state index contributed by atoms with van der Waals surface area (Å²) in [6, 6.07) is 9.97. The second kappa shape index (κ2) is 9.11. The number of benzene rings is 1. The third kappa shape index (κ3) is 9.54. The number of hydrogen-bond acceptors (Lipinski definition) is 5. The molecule has 0 unspecified atom stereocenters. The quantitative estimate of drug-likeness (QED) is 0.561. The van der Waals surface area contributed by atoms with Gasteiger partial charge in [0.25, 0.3) is 0 Å². The van der Waals surface area contributed by atoms with Gasteiger partial charge in [-0.05, 0) is 5.56 Å². The predicted octanol–water partition coefficient (Wildman–Crippen LogP) is -2.38. The molecule has 1 aromatic carbocycles. The summed E-state index contributed by atoms with van der Waals surface area (Å²) in [5.74, 6) is 0. The number of allylic oxidation sites excluding steroid dienone is 1. The van der Waals surface area contributed by atoms with Gasteiger partial charge in [-0.2, -0.15) is 0 Å². The van der Waals surface area contributed by atoms with Gasteiger partial charge in [0.05, 0.1) is 5.03 Å². The Labute approximate surface area is 129 Å². The monoisotopic (exact) mass is 335 g/mol. The first-order valence-electron chi connectivity index (χ1n) is 6.06. The van der Waals surface area contributed by atoms with E-state index in [1.165, 1.54) is 0 Å². The molecule has 0 radical (unpaired) electrons. The fourth-order valence-electron chi connectivity index (χ4n) is 1.59. The molecule has 0 atom stereocenters. The van der Waals surface area contributed by atoms with Crippen LogP contribution in [0.5, 0.6) is 0 Å². The molecule has 1 aliphatic rings. The van der Waals surface area contributed by atoms with Crippen molar-refractivity contribution in [3.63, 3.8) is 0 Å². The smallest absolute Gasteiger partial charge is 0.166 e. The lowest BCUT2D eigenvalue weighted by molar-refractivity contribution is -2.00. The Bertz CT molecular complexity index is 471. The van der Waals surface area contributed by atoms with Crippen molar-refractivity contribution in [3.05, 3.63) is 42.0 Å². The van der Waals surface area contributed by atoms with Crippen LogP contribution >= 0.6 is 11.6 Å². The Morgan fingerprint density at radius 3 is 2.14 bits per heavy atom. The topological polar surface area (TPSA) is 104 Å². The van der Waals surface area contributed by atoms with Gasteiger partial charge in [0.2, 0.25) is 0 Å². The molecule has 0 saturated carbocycles. The van der Waals surface area contributed by atoms with Crippen molar-refractivity contribution in [2.45, 2.75) is 0 Å². The van der Waals surface area contributed by atoms with Crippen molar-refractivity contribution in [1.29, 1.82) is 0 Å². The highest BCUT2D eigenvalue weighted by Crippen LogP contribution is 2.16. The highest BCUT2D eigenvalue weighted by Gasteiger charge is 2.09. The van der Waals surface area contributed by atoms with Crippen LogP contribution < -0.4 is 18.6 Å². The summed E-state index contributed by atoms with van der Waals surface area (Å²) in [5, 5.41) is 0.770. The van der Waals surface area contributed by atoms with E-state index in [1.54, 1.807) is 0 Å². The molecule has 1 aromatic rings. The van der Waals surface area contributed by atoms with Crippen molar-refractivity contribution in [2.75, 3.05) is 26.3 Å². The molecule has 0 N–H and O–H groups in total. The second-order valence-corrected chi connectivity index (χ2v) is 5.22. The molecule has 6 nitrogen and oxygen atoms in total. The fourth-order valence-corrected chi connectivity index (χ4v) is 1.77. The molecular weight excluding hydrogens is 321 g/mol. The van der Waals surface area contributed by atoms with Gasteiger partial charge in [-0.1, -0.05) is 41.9 Å². The number of ether oxygens (including phenoxy) is 1. The van der Waals surface area contributed by atoms with E-state index in [9.17, 15) is 0 Å². The molecule has 21 heavy (non-hydrogen) atoms. The first-order valence-corrected chi connectivity index (χ1v) is 7.67. The number of hydrogen-bond donors (Lipinski definition) is 0. The average Bonchev–Trinajstić information content (AvgIpc) is 2.45. The minimum absolute atomic E-state index is 0.770. The van der Waals surface area contributed by atoms with Gasteiger partial charge in [0.15, 0.2) is 19.3 Å². The van der Waals surface area contributed by atoms with E-state index >= 15 is 0 Å². The van der Waals surface area contributed by atoms with Crippen LogP contribution in [0.4, 0.5) is 0 Å². The van der Waals surface area contributed by atoms with E-state index in [0.717, 1.165) is 36.9 Å². The maximum absolute atomic E-state index is 8.49. The standard InChI is InChI=1S/C13H15ClNO.ClHO4/c14-13(12-4-2-1-3-5-12)6-7-15-8-10-16-11-9-15;2-1(3,4)5/h1-7H,8-11H2;(H,2,3,4,5)/q+1;/p-1. The molecule has 1 fully saturated rings. The molecule has 0 amide bonds. The minimum atomic E-state index is -4.94. The highest BCUT2D eigenvalue weighted by atomic mass is 35.7. The molecular formula is C13H15Cl2NO5. The molecule has 1 heterocycles. The summed E-state index contributed by atoms with van der Waals surface area (Å²) in [6.45, 7) is 3.48. The van der Waals surface area contributed by atoms with Crippen LogP contribution in [-0.4, -0.2) is 37.1 Å². The summed E-state index contributed by atoms with van der Waals surface area (Å²) < 4.78 is 41.5. The molecule has 1 aliphatic heterocycles. The number of morpholine rings is 1. The Morgan fingerprint density at radius 2 is 1.62 bits per heavy atom. The van der Waals surface area contributed by atoms with Gasteiger partial charge in [0, 0.05) is 6.08 Å². The second-order valence-electron chi connectivity index (χ2n) is 4.06. The van der Waals surface area contributed by atoms with E-state index in [2.05, 4.69) is 4.58 Å². The summed E-state index contributed by atoms with van der Waals surface area (Å²) >= 11 is 6.20. The lowest BCUT2D eigenvalue weighted by atomic mass is 10.2. The van der Waals surface area contributed by atoms with Crippen LogP contribution in [0.3, 0.4) is 0 Å². The van der Waals surface area contributed by atoms with E-state index in [1.807, 2.05) is 42.6 Å². The zero-order valence-corrected chi connectivity index (χ0v) is 12.6. The molecule has 0 aliphatic carbocycles. The van der Waals surface area contributed by atoms with Gasteiger partial charge < -0.3 is 4.74 Å². The summed E-state index contributed by atoms with van der Waals surface area (Å²) in [6.07, 6.45) is 3.99. The first-order chi connectivity index (χ1) is 9.86. The Hall–Kier alpha value is -0.990. The van der Waals surface area contributed by atoms with Gasteiger partial charge >= 0.3 is 0 Å². The molecule has 116 valence electrons. The summed E-state index contributed by atoms with van der Waals surface area (Å²) in [7, 11) is -4.94. The van der Waals surface area contributed by atoms with Crippen LogP contribution in [0.25, 0.3) is 5.03 Å². The lowest BCUT2D eigenvalue weighted by Gasteiger charge is -2.17. The van der Waals surface area contributed by atoms with Gasteiger partial charge in [0.1, 0.15) is 13.2 Å². The average molecular weight is 336 g/mol. The van der Waals surface area contributed by atoms with Crippen LogP contribution in [0.15, 0.2) is 36.4 Å². The molecule has 0 bridgehead atoms.